The molecule has 0 unspecified atom stereocenters. The fourth-order valence-electron chi connectivity index (χ4n) is 4.19. The van der Waals surface area contributed by atoms with E-state index >= 15 is 0 Å². The molecule has 0 atom stereocenters. The van der Waals surface area contributed by atoms with Crippen molar-refractivity contribution in [1.82, 2.24) is 0 Å². The van der Waals surface area contributed by atoms with Crippen LogP contribution in [0.2, 0.25) is 0 Å². The zero-order valence-corrected chi connectivity index (χ0v) is 22.1. The van der Waals surface area contributed by atoms with E-state index in [-0.39, 0.29) is 38.4 Å². The van der Waals surface area contributed by atoms with Crippen LogP contribution in [0.1, 0.15) is 47.8 Å². The Bertz CT molecular complexity index is 1590. The molecule has 4 rings (SSSR count). The highest BCUT2D eigenvalue weighted by Gasteiger charge is 2.27. The fraction of sp³-hybridized carbons (Fsp3) is 0.167. The highest BCUT2D eigenvalue weighted by molar-refractivity contribution is 7.91. The van der Waals surface area contributed by atoms with Gasteiger partial charge in [0, 0.05) is 17.7 Å². The zero-order valence-electron chi connectivity index (χ0n) is 21.3. The lowest BCUT2D eigenvalue weighted by Gasteiger charge is -2.22. The van der Waals surface area contributed by atoms with Gasteiger partial charge in [-0.3, -0.25) is 4.79 Å². The van der Waals surface area contributed by atoms with Gasteiger partial charge < -0.3 is 20.6 Å². The minimum atomic E-state index is -3.82. The van der Waals surface area contributed by atoms with Gasteiger partial charge in [-0.15, -0.1) is 0 Å². The lowest BCUT2D eigenvalue weighted by Crippen LogP contribution is -2.17. The lowest BCUT2D eigenvalue weighted by molar-refractivity contribution is 0.102. The van der Waals surface area contributed by atoms with Crippen LogP contribution in [0.3, 0.4) is 0 Å². The summed E-state index contributed by atoms with van der Waals surface area (Å²) < 4.78 is 26.8. The van der Waals surface area contributed by atoms with Gasteiger partial charge in [0.2, 0.25) is 15.6 Å². The molecule has 0 aromatic heterocycles. The van der Waals surface area contributed by atoms with Crippen molar-refractivity contribution < 1.29 is 28.5 Å². The third-order valence-electron chi connectivity index (χ3n) is 6.22. The van der Waals surface area contributed by atoms with Crippen molar-refractivity contribution in [2.45, 2.75) is 42.4 Å². The van der Waals surface area contributed by atoms with Gasteiger partial charge in [0.1, 0.15) is 0 Å². The molecular formula is C30H29NO6S. The van der Waals surface area contributed by atoms with Crippen LogP contribution in [-0.2, 0) is 21.7 Å². The first-order chi connectivity index (χ1) is 17.9. The number of hydrogen-bond donors (Lipinski definition) is 4. The number of hydrogen-bond acceptors (Lipinski definition) is 6. The molecule has 0 aliphatic heterocycles. The van der Waals surface area contributed by atoms with Crippen molar-refractivity contribution in [3.63, 3.8) is 0 Å². The molecule has 1 amide bonds. The number of carbonyl (C=O) groups is 1. The van der Waals surface area contributed by atoms with Gasteiger partial charge in [-0.2, -0.15) is 0 Å². The second-order valence-electron chi connectivity index (χ2n) is 10.0. The maximum atomic E-state index is 13.4. The minimum absolute atomic E-state index is 0.0717. The molecule has 0 heterocycles. The molecule has 0 saturated carbocycles. The van der Waals surface area contributed by atoms with E-state index in [1.54, 1.807) is 24.3 Å². The molecule has 0 aliphatic rings. The van der Waals surface area contributed by atoms with Crippen molar-refractivity contribution in [3.8, 4) is 17.2 Å². The molecule has 4 aromatic rings. The smallest absolute Gasteiger partial charge is 0.259 e. The molecule has 0 radical (unpaired) electrons. The maximum Gasteiger partial charge on any atom is 0.259 e. The second kappa shape index (κ2) is 10.2. The van der Waals surface area contributed by atoms with E-state index in [0.717, 1.165) is 5.56 Å². The number of aromatic hydroxyl groups is 3. The van der Waals surface area contributed by atoms with Crippen LogP contribution >= 0.6 is 0 Å². The van der Waals surface area contributed by atoms with E-state index in [1.165, 1.54) is 30.3 Å². The highest BCUT2D eigenvalue weighted by Crippen LogP contribution is 2.41. The van der Waals surface area contributed by atoms with Crippen LogP contribution in [0.4, 0.5) is 5.69 Å². The molecule has 4 aromatic carbocycles. The Kier molecular flexibility index (Phi) is 7.20. The Morgan fingerprint density at radius 1 is 0.789 bits per heavy atom. The van der Waals surface area contributed by atoms with Crippen LogP contribution < -0.4 is 5.32 Å². The van der Waals surface area contributed by atoms with E-state index in [4.69, 9.17) is 0 Å². The van der Waals surface area contributed by atoms with E-state index in [0.29, 0.717) is 5.56 Å². The Balaban J connectivity index is 1.60. The van der Waals surface area contributed by atoms with Crippen LogP contribution in [0.5, 0.6) is 17.2 Å². The van der Waals surface area contributed by atoms with E-state index in [2.05, 4.69) is 5.32 Å². The Labute approximate surface area is 222 Å². The van der Waals surface area contributed by atoms with Crippen LogP contribution in [0, 0.1) is 0 Å². The molecular weight excluding hydrogens is 502 g/mol. The Hall–Kier alpha value is -4.30. The van der Waals surface area contributed by atoms with Gasteiger partial charge in [-0.1, -0.05) is 69.3 Å². The summed E-state index contributed by atoms with van der Waals surface area (Å²) in [6, 6.07) is 23.0. The molecule has 0 spiro atoms. The molecule has 7 nitrogen and oxygen atoms in total. The van der Waals surface area contributed by atoms with Crippen LogP contribution in [0.15, 0.2) is 94.7 Å². The van der Waals surface area contributed by atoms with Crippen molar-refractivity contribution in [2.24, 2.45) is 0 Å². The third-order valence-corrected chi connectivity index (χ3v) is 8.04. The minimum Gasteiger partial charge on any atom is -0.504 e. The van der Waals surface area contributed by atoms with E-state index in [9.17, 15) is 28.5 Å². The summed E-state index contributed by atoms with van der Waals surface area (Å²) in [6.07, 6.45) is 0.226. The number of phenols is 3. The average molecular weight is 532 g/mol. The summed E-state index contributed by atoms with van der Waals surface area (Å²) in [6.45, 7) is 5.84. The topological polar surface area (TPSA) is 124 Å². The number of phenolic OH excluding ortho intramolecular Hbond substituents is 3. The summed E-state index contributed by atoms with van der Waals surface area (Å²) in [5.74, 6) is -2.79. The normalized spacial score (nSPS) is 11.8. The quantitative estimate of drug-likeness (QED) is 0.234. The maximum absolute atomic E-state index is 13.4. The average Bonchev–Trinajstić information content (AvgIpc) is 2.89. The molecule has 8 heteroatoms. The van der Waals surface area contributed by atoms with Gasteiger partial charge in [0.25, 0.3) is 5.91 Å². The van der Waals surface area contributed by atoms with Crippen molar-refractivity contribution in [3.05, 3.63) is 107 Å². The van der Waals surface area contributed by atoms with E-state index in [1.807, 2.05) is 51.1 Å². The van der Waals surface area contributed by atoms with Gasteiger partial charge in [0.05, 0.1) is 15.4 Å². The summed E-state index contributed by atoms with van der Waals surface area (Å²) in [5, 5.41) is 33.5. The first-order valence-electron chi connectivity index (χ1n) is 12.0. The molecule has 0 bridgehead atoms. The monoisotopic (exact) mass is 531 g/mol. The van der Waals surface area contributed by atoms with Gasteiger partial charge in [0.15, 0.2) is 11.5 Å². The Morgan fingerprint density at radius 3 is 2.03 bits per heavy atom. The van der Waals surface area contributed by atoms with Gasteiger partial charge in [-0.25, -0.2) is 8.42 Å². The molecule has 0 fully saturated rings. The zero-order chi connectivity index (χ0) is 27.7. The molecule has 4 N–H and O–H groups in total. The van der Waals surface area contributed by atoms with Crippen LogP contribution in [0.25, 0.3) is 0 Å². The fourth-order valence-corrected chi connectivity index (χ4v) is 5.86. The first kappa shape index (κ1) is 26.8. The molecule has 0 saturated heterocycles. The second-order valence-corrected chi connectivity index (χ2v) is 11.9. The predicted octanol–water partition coefficient (Wildman–Crippen LogP) is 5.78. The number of rotatable bonds is 6. The summed E-state index contributed by atoms with van der Waals surface area (Å²) in [4.78, 5) is 13.3. The number of benzene rings is 4. The summed E-state index contributed by atoms with van der Waals surface area (Å²) >= 11 is 0. The number of carbonyl (C=O) groups excluding carboxylic acids is 1. The SMILES string of the molecule is CC(C)(C)c1ccccc1S(=O)(=O)c1ccc(NC(=O)c2cc(Cc3ccccc3)c(O)c(O)c2O)cc1. The Morgan fingerprint density at radius 2 is 1.39 bits per heavy atom. The number of anilines is 1. The van der Waals surface area contributed by atoms with Crippen LogP contribution in [-0.4, -0.2) is 29.6 Å². The molecule has 38 heavy (non-hydrogen) atoms. The highest BCUT2D eigenvalue weighted by atomic mass is 32.2. The van der Waals surface area contributed by atoms with E-state index < -0.39 is 33.0 Å². The predicted molar refractivity (Wildman–Crippen MR) is 146 cm³/mol. The van der Waals surface area contributed by atoms with Crippen molar-refractivity contribution >= 4 is 21.4 Å². The van der Waals surface area contributed by atoms with Gasteiger partial charge in [-0.05, 0) is 52.9 Å². The number of nitrogens with one attached hydrogen (secondary N) is 1. The molecule has 196 valence electrons. The largest absolute Gasteiger partial charge is 0.504 e. The third kappa shape index (κ3) is 5.35. The van der Waals surface area contributed by atoms with Gasteiger partial charge >= 0.3 is 0 Å². The summed E-state index contributed by atoms with van der Waals surface area (Å²) in [5.41, 5.74) is 1.47. The number of amides is 1. The first-order valence-corrected chi connectivity index (χ1v) is 13.4. The lowest BCUT2D eigenvalue weighted by atomic mass is 9.87. The number of sulfone groups is 1. The molecule has 0 aliphatic carbocycles. The summed E-state index contributed by atoms with van der Waals surface area (Å²) in [7, 11) is -3.82. The van der Waals surface area contributed by atoms with Crippen molar-refractivity contribution in [2.75, 3.05) is 5.32 Å². The standard InChI is InChI=1S/C30H29NO6S/c1-30(2,3)24-11-7-8-12-25(24)38(36,37)22-15-13-21(14-16-22)31-29(35)23-18-20(26(32)28(34)27(23)33)17-19-9-5-4-6-10-19/h4-16,18,32-34H,17H2,1-3H3,(H,31,35). The van der Waals surface area contributed by atoms with Crippen molar-refractivity contribution in [1.29, 1.82) is 0 Å².